The number of benzene rings is 1. The number of nitrogens with one attached hydrogen (secondary N) is 1. The molecule has 0 bridgehead atoms. The molecule has 3 heterocycles. The van der Waals surface area contributed by atoms with Crippen LogP contribution in [0.15, 0.2) is 28.8 Å². The SMILES string of the molecule is CC(C)c1noc(CN2CCN(CC(=O)Nc3ccc(CN4CCOCC4)cc3)CC2)n1. The van der Waals surface area contributed by atoms with E-state index in [0.29, 0.717) is 19.0 Å². The summed E-state index contributed by atoms with van der Waals surface area (Å²) in [5.74, 6) is 1.71. The highest BCUT2D eigenvalue weighted by atomic mass is 16.5. The van der Waals surface area contributed by atoms with E-state index in [2.05, 4.69) is 56.1 Å². The van der Waals surface area contributed by atoms with Gasteiger partial charge in [-0.25, -0.2) is 0 Å². The summed E-state index contributed by atoms with van der Waals surface area (Å²) in [4.78, 5) is 23.8. The van der Waals surface area contributed by atoms with Gasteiger partial charge in [-0.3, -0.25) is 19.5 Å². The van der Waals surface area contributed by atoms with Crippen molar-refractivity contribution >= 4 is 11.6 Å². The maximum Gasteiger partial charge on any atom is 0.240 e. The number of amides is 1. The Labute approximate surface area is 189 Å². The van der Waals surface area contributed by atoms with E-state index in [9.17, 15) is 4.79 Å². The third-order valence-electron chi connectivity index (χ3n) is 5.94. The van der Waals surface area contributed by atoms with Crippen LogP contribution in [0.3, 0.4) is 0 Å². The van der Waals surface area contributed by atoms with Gasteiger partial charge in [-0.05, 0) is 17.7 Å². The molecule has 0 spiro atoms. The van der Waals surface area contributed by atoms with Gasteiger partial charge in [0, 0.05) is 57.4 Å². The van der Waals surface area contributed by atoms with E-state index >= 15 is 0 Å². The number of aromatic nitrogens is 2. The summed E-state index contributed by atoms with van der Waals surface area (Å²) in [7, 11) is 0. The van der Waals surface area contributed by atoms with Crippen LogP contribution in [0.4, 0.5) is 5.69 Å². The lowest BCUT2D eigenvalue weighted by atomic mass is 10.2. The van der Waals surface area contributed by atoms with Gasteiger partial charge in [0.2, 0.25) is 11.8 Å². The average molecular weight is 443 g/mol. The normalized spacial score (nSPS) is 18.8. The number of carbonyl (C=O) groups excluding carboxylic acids is 1. The fourth-order valence-electron chi connectivity index (χ4n) is 3.98. The first-order chi connectivity index (χ1) is 15.5. The third-order valence-corrected chi connectivity index (χ3v) is 5.94. The Balaban J connectivity index is 1.17. The van der Waals surface area contributed by atoms with Gasteiger partial charge >= 0.3 is 0 Å². The predicted molar refractivity (Wildman–Crippen MR) is 121 cm³/mol. The van der Waals surface area contributed by atoms with Crippen LogP contribution in [0.5, 0.6) is 0 Å². The van der Waals surface area contributed by atoms with E-state index < -0.39 is 0 Å². The van der Waals surface area contributed by atoms with Gasteiger partial charge in [0.25, 0.3) is 0 Å². The Morgan fingerprint density at radius 2 is 1.62 bits per heavy atom. The fraction of sp³-hybridized carbons (Fsp3) is 0.609. The van der Waals surface area contributed by atoms with Crippen LogP contribution in [-0.4, -0.2) is 89.8 Å². The summed E-state index contributed by atoms with van der Waals surface area (Å²) in [6, 6.07) is 8.15. The van der Waals surface area contributed by atoms with Crippen LogP contribution in [0.25, 0.3) is 0 Å². The van der Waals surface area contributed by atoms with Gasteiger partial charge < -0.3 is 14.6 Å². The minimum Gasteiger partial charge on any atom is -0.379 e. The highest BCUT2D eigenvalue weighted by Crippen LogP contribution is 2.14. The van der Waals surface area contributed by atoms with Gasteiger partial charge in [0.1, 0.15) is 0 Å². The number of ether oxygens (including phenoxy) is 1. The van der Waals surface area contributed by atoms with Crippen molar-refractivity contribution in [3.05, 3.63) is 41.5 Å². The summed E-state index contributed by atoms with van der Waals surface area (Å²) in [5, 5.41) is 7.05. The molecule has 9 heteroatoms. The lowest BCUT2D eigenvalue weighted by Crippen LogP contribution is -2.48. The van der Waals surface area contributed by atoms with E-state index in [4.69, 9.17) is 9.26 Å². The first-order valence-electron chi connectivity index (χ1n) is 11.5. The Hall–Kier alpha value is -2.33. The molecule has 0 aliphatic carbocycles. The number of nitrogens with zero attached hydrogens (tertiary/aromatic N) is 5. The van der Waals surface area contributed by atoms with Crippen molar-refractivity contribution in [1.29, 1.82) is 0 Å². The van der Waals surface area contributed by atoms with E-state index in [1.807, 2.05) is 12.1 Å². The quantitative estimate of drug-likeness (QED) is 0.662. The molecule has 2 fully saturated rings. The molecule has 2 aromatic rings. The molecule has 2 aliphatic heterocycles. The molecule has 2 aliphatic rings. The number of anilines is 1. The number of carbonyl (C=O) groups is 1. The summed E-state index contributed by atoms with van der Waals surface area (Å²) >= 11 is 0. The van der Waals surface area contributed by atoms with Crippen LogP contribution < -0.4 is 5.32 Å². The lowest BCUT2D eigenvalue weighted by Gasteiger charge is -2.33. The zero-order chi connectivity index (χ0) is 22.3. The topological polar surface area (TPSA) is 87.0 Å². The molecule has 0 saturated carbocycles. The van der Waals surface area contributed by atoms with Crippen molar-refractivity contribution in [3.8, 4) is 0 Å². The van der Waals surface area contributed by atoms with E-state index in [-0.39, 0.29) is 11.8 Å². The van der Waals surface area contributed by atoms with Crippen molar-refractivity contribution in [3.63, 3.8) is 0 Å². The van der Waals surface area contributed by atoms with Crippen LogP contribution >= 0.6 is 0 Å². The van der Waals surface area contributed by atoms with Crippen LogP contribution in [0.1, 0.15) is 37.0 Å². The summed E-state index contributed by atoms with van der Waals surface area (Å²) in [5.41, 5.74) is 2.10. The molecule has 1 aromatic carbocycles. The van der Waals surface area contributed by atoms with Gasteiger partial charge in [-0.2, -0.15) is 4.98 Å². The van der Waals surface area contributed by atoms with Crippen molar-refractivity contribution in [2.45, 2.75) is 32.9 Å². The first-order valence-corrected chi connectivity index (χ1v) is 11.5. The van der Waals surface area contributed by atoms with Crippen LogP contribution in [0, 0.1) is 0 Å². The first kappa shape index (κ1) is 22.8. The molecule has 32 heavy (non-hydrogen) atoms. The minimum absolute atomic E-state index is 0.0258. The van der Waals surface area contributed by atoms with Crippen LogP contribution in [0.2, 0.25) is 0 Å². The Morgan fingerprint density at radius 1 is 0.969 bits per heavy atom. The Kier molecular flexibility index (Phi) is 7.85. The highest BCUT2D eigenvalue weighted by Gasteiger charge is 2.21. The largest absolute Gasteiger partial charge is 0.379 e. The molecule has 0 unspecified atom stereocenters. The van der Waals surface area contributed by atoms with E-state index in [1.54, 1.807) is 0 Å². The number of rotatable bonds is 8. The fourth-order valence-corrected chi connectivity index (χ4v) is 3.98. The zero-order valence-corrected chi connectivity index (χ0v) is 19.1. The monoisotopic (exact) mass is 442 g/mol. The van der Waals surface area contributed by atoms with E-state index in [1.165, 1.54) is 5.56 Å². The molecule has 4 rings (SSSR count). The van der Waals surface area contributed by atoms with Crippen LogP contribution in [-0.2, 0) is 22.6 Å². The standard InChI is InChI=1S/C23H34N6O3/c1-18(2)23-25-22(32-26-23)17-28-9-7-27(8-10-28)16-21(30)24-20-5-3-19(4-6-20)15-29-11-13-31-14-12-29/h3-6,18H,7-17H2,1-2H3,(H,24,30). The second kappa shape index (κ2) is 11.0. The maximum absolute atomic E-state index is 12.5. The lowest BCUT2D eigenvalue weighted by molar-refractivity contribution is -0.117. The summed E-state index contributed by atoms with van der Waals surface area (Å²) < 4.78 is 10.7. The molecular weight excluding hydrogens is 408 g/mol. The predicted octanol–water partition coefficient (Wildman–Crippen LogP) is 1.78. The van der Waals surface area contributed by atoms with Crippen molar-refractivity contribution < 1.29 is 14.1 Å². The molecular formula is C23H34N6O3. The van der Waals surface area contributed by atoms with Gasteiger partial charge in [-0.15, -0.1) is 0 Å². The van der Waals surface area contributed by atoms with Crippen molar-refractivity contribution in [2.75, 3.05) is 64.3 Å². The van der Waals surface area contributed by atoms with E-state index in [0.717, 1.165) is 70.5 Å². The molecule has 2 saturated heterocycles. The molecule has 174 valence electrons. The Morgan fingerprint density at radius 3 is 2.28 bits per heavy atom. The molecule has 0 atom stereocenters. The van der Waals surface area contributed by atoms with Gasteiger partial charge in [0.05, 0.1) is 26.3 Å². The number of piperazine rings is 1. The molecule has 1 N–H and O–H groups in total. The Bertz CT molecular complexity index is 855. The average Bonchev–Trinajstić information content (AvgIpc) is 3.26. The smallest absolute Gasteiger partial charge is 0.240 e. The number of hydrogen-bond donors (Lipinski definition) is 1. The summed E-state index contributed by atoms with van der Waals surface area (Å²) in [6.07, 6.45) is 0. The molecule has 1 amide bonds. The zero-order valence-electron chi connectivity index (χ0n) is 19.1. The van der Waals surface area contributed by atoms with Crippen molar-refractivity contribution in [1.82, 2.24) is 24.8 Å². The van der Waals surface area contributed by atoms with Crippen molar-refractivity contribution in [2.24, 2.45) is 0 Å². The molecule has 1 aromatic heterocycles. The second-order valence-corrected chi connectivity index (χ2v) is 8.89. The molecule has 9 nitrogen and oxygen atoms in total. The van der Waals surface area contributed by atoms with Gasteiger partial charge in [0.15, 0.2) is 5.82 Å². The third kappa shape index (κ3) is 6.59. The minimum atomic E-state index is 0.0258. The maximum atomic E-state index is 12.5. The number of morpholine rings is 1. The number of hydrogen-bond acceptors (Lipinski definition) is 8. The highest BCUT2D eigenvalue weighted by molar-refractivity contribution is 5.92. The molecule has 0 radical (unpaired) electrons. The second-order valence-electron chi connectivity index (χ2n) is 8.89. The summed E-state index contributed by atoms with van der Waals surface area (Å²) in [6.45, 7) is 13.1. The van der Waals surface area contributed by atoms with Gasteiger partial charge in [-0.1, -0.05) is 31.1 Å².